The SMILES string of the molecule is NS(=O)(=O)c1ccc(CNC(=O)CN(CCN(CCN(CC(=O)O)CC(=O)NCc2ccc(S(N)(=O)=O)cc2)CC(=O)[O-])CC(=O)[O-])cc1. The first-order valence-electron chi connectivity index (χ1n) is 14.4. The average molecular weight is 728 g/mol. The van der Waals surface area contributed by atoms with Crippen molar-refractivity contribution in [2.24, 2.45) is 10.3 Å². The van der Waals surface area contributed by atoms with Crippen LogP contribution in [0.4, 0.5) is 0 Å². The number of carboxylic acid groups (broad SMARTS) is 3. The number of sulfonamides is 2. The second kappa shape index (κ2) is 18.9. The van der Waals surface area contributed by atoms with Crippen LogP contribution in [0.2, 0.25) is 0 Å². The van der Waals surface area contributed by atoms with Crippen LogP contribution in [0.5, 0.6) is 0 Å². The number of amides is 2. The lowest BCUT2D eigenvalue weighted by atomic mass is 10.2. The van der Waals surface area contributed by atoms with Gasteiger partial charge in [0.2, 0.25) is 31.9 Å². The number of hydrogen-bond acceptors (Lipinski definition) is 14. The monoisotopic (exact) mass is 727 g/mol. The molecule has 2 aromatic rings. The van der Waals surface area contributed by atoms with Gasteiger partial charge in [0.25, 0.3) is 0 Å². The van der Waals surface area contributed by atoms with Crippen molar-refractivity contribution in [1.29, 1.82) is 0 Å². The van der Waals surface area contributed by atoms with Crippen LogP contribution in [0.15, 0.2) is 58.3 Å². The van der Waals surface area contributed by atoms with Crippen LogP contribution < -0.4 is 31.1 Å². The van der Waals surface area contributed by atoms with Gasteiger partial charge in [0.15, 0.2) is 0 Å². The Kier molecular flexibility index (Phi) is 15.7. The Morgan fingerprint density at radius 1 is 0.571 bits per heavy atom. The third-order valence-electron chi connectivity index (χ3n) is 6.75. The molecule has 0 saturated heterocycles. The molecule has 0 saturated carbocycles. The van der Waals surface area contributed by atoms with E-state index in [1.54, 1.807) is 0 Å². The van der Waals surface area contributed by atoms with Gasteiger partial charge >= 0.3 is 5.97 Å². The Bertz CT molecular complexity index is 1570. The lowest BCUT2D eigenvalue weighted by molar-refractivity contribution is -0.308. The molecule has 270 valence electrons. The molecular formula is C28H37N7O12S2-2. The van der Waals surface area contributed by atoms with E-state index in [2.05, 4.69) is 10.6 Å². The zero-order valence-corrected chi connectivity index (χ0v) is 27.8. The maximum Gasteiger partial charge on any atom is 0.317 e. The van der Waals surface area contributed by atoms with Gasteiger partial charge in [0, 0.05) is 52.4 Å². The molecule has 7 N–H and O–H groups in total. The number of aliphatic carboxylic acids is 3. The van der Waals surface area contributed by atoms with E-state index in [9.17, 15) is 56.1 Å². The van der Waals surface area contributed by atoms with Crippen molar-refractivity contribution < 1.29 is 56.1 Å². The molecule has 0 aliphatic carbocycles. The normalized spacial score (nSPS) is 11.9. The predicted molar refractivity (Wildman–Crippen MR) is 166 cm³/mol. The fraction of sp³-hybridized carbons (Fsp3) is 0.393. The highest BCUT2D eigenvalue weighted by Gasteiger charge is 2.18. The van der Waals surface area contributed by atoms with Crippen molar-refractivity contribution >= 4 is 49.8 Å². The molecule has 0 aliphatic heterocycles. The van der Waals surface area contributed by atoms with Gasteiger partial charge in [0.1, 0.15) is 0 Å². The van der Waals surface area contributed by atoms with E-state index in [1.807, 2.05) is 0 Å². The van der Waals surface area contributed by atoms with E-state index in [1.165, 1.54) is 63.2 Å². The molecule has 0 aromatic heterocycles. The standard InChI is InChI=1S/C28H39N7O12S2/c29-48(44,45)22-5-1-20(2-6-22)13-31-24(36)15-34(18-27(40)41)11-9-33(17-26(38)39)10-12-35(19-28(42)43)16-25(37)32-14-21-3-7-23(8-4-21)49(30,46)47/h1-8H,9-19H2,(H,31,36)(H,32,37)(H,38,39)(H,40,41)(H,42,43)(H2,29,44,45)(H2,30,46,47)/p-2. The van der Waals surface area contributed by atoms with Crippen molar-refractivity contribution in [1.82, 2.24) is 25.3 Å². The highest BCUT2D eigenvalue weighted by molar-refractivity contribution is 7.89. The maximum absolute atomic E-state index is 12.6. The van der Waals surface area contributed by atoms with Crippen molar-refractivity contribution in [3.05, 3.63) is 59.7 Å². The molecule has 0 unspecified atom stereocenters. The zero-order chi connectivity index (χ0) is 36.8. The topological polar surface area (TPSA) is 306 Å². The average Bonchev–Trinajstić information content (AvgIpc) is 2.99. The quantitative estimate of drug-likeness (QED) is 0.0755. The number of nitrogens with zero attached hydrogens (tertiary/aromatic N) is 3. The summed E-state index contributed by atoms with van der Waals surface area (Å²) in [6, 6.07) is 10.8. The van der Waals surface area contributed by atoms with Crippen LogP contribution >= 0.6 is 0 Å². The summed E-state index contributed by atoms with van der Waals surface area (Å²) in [6.45, 7) is -3.09. The molecule has 2 rings (SSSR count). The molecule has 0 spiro atoms. The Labute approximate surface area is 282 Å². The van der Waals surface area contributed by atoms with Gasteiger partial charge in [-0.15, -0.1) is 0 Å². The van der Waals surface area contributed by atoms with Crippen LogP contribution in [0.25, 0.3) is 0 Å². The minimum atomic E-state index is -3.90. The van der Waals surface area contributed by atoms with Crippen LogP contribution in [-0.2, 0) is 57.1 Å². The molecule has 0 radical (unpaired) electrons. The Morgan fingerprint density at radius 3 is 1.22 bits per heavy atom. The molecule has 49 heavy (non-hydrogen) atoms. The second-order valence-corrected chi connectivity index (χ2v) is 13.9. The number of nitrogens with two attached hydrogens (primary N) is 2. The number of hydrogen-bond donors (Lipinski definition) is 5. The molecule has 19 nitrogen and oxygen atoms in total. The third-order valence-corrected chi connectivity index (χ3v) is 8.61. The van der Waals surface area contributed by atoms with Gasteiger partial charge in [-0.25, -0.2) is 27.1 Å². The Balaban J connectivity index is 1.96. The van der Waals surface area contributed by atoms with Gasteiger partial charge in [0.05, 0.1) is 41.4 Å². The smallest absolute Gasteiger partial charge is 0.317 e. The van der Waals surface area contributed by atoms with Crippen LogP contribution in [0.1, 0.15) is 11.1 Å². The highest BCUT2D eigenvalue weighted by Crippen LogP contribution is 2.10. The van der Waals surface area contributed by atoms with Gasteiger partial charge in [-0.1, -0.05) is 24.3 Å². The molecule has 0 fully saturated rings. The summed E-state index contributed by atoms with van der Waals surface area (Å²) >= 11 is 0. The maximum atomic E-state index is 12.6. The second-order valence-electron chi connectivity index (χ2n) is 10.8. The van der Waals surface area contributed by atoms with Crippen LogP contribution in [0, 0.1) is 0 Å². The van der Waals surface area contributed by atoms with E-state index in [4.69, 9.17) is 10.3 Å². The van der Waals surface area contributed by atoms with Crippen LogP contribution in [0.3, 0.4) is 0 Å². The Hall–Kier alpha value is -4.51. The first kappa shape index (κ1) is 40.7. The number of carboxylic acids is 3. The summed E-state index contributed by atoms with van der Waals surface area (Å²) in [7, 11) is -7.80. The first-order chi connectivity index (χ1) is 22.8. The summed E-state index contributed by atoms with van der Waals surface area (Å²) < 4.78 is 45.6. The summed E-state index contributed by atoms with van der Waals surface area (Å²) in [4.78, 5) is 62.8. The predicted octanol–water partition coefficient (Wildman–Crippen LogP) is -5.60. The lowest BCUT2D eigenvalue weighted by Gasteiger charge is -2.29. The Morgan fingerprint density at radius 2 is 0.898 bits per heavy atom. The van der Waals surface area contributed by atoms with Crippen molar-refractivity contribution in [2.45, 2.75) is 22.9 Å². The fourth-order valence-electron chi connectivity index (χ4n) is 4.33. The number of rotatable bonds is 22. The highest BCUT2D eigenvalue weighted by atomic mass is 32.2. The minimum absolute atomic E-state index is 0.00576. The molecule has 0 aliphatic rings. The number of carbonyl (C=O) groups excluding carboxylic acids is 4. The summed E-state index contributed by atoms with van der Waals surface area (Å²) in [6.07, 6.45) is 0. The van der Waals surface area contributed by atoms with E-state index < -0.39 is 75.9 Å². The molecule has 0 atom stereocenters. The molecule has 0 heterocycles. The van der Waals surface area contributed by atoms with Gasteiger partial charge in [-0.2, -0.15) is 0 Å². The summed E-state index contributed by atoms with van der Waals surface area (Å²) in [5.74, 6) is -5.41. The summed E-state index contributed by atoms with van der Waals surface area (Å²) in [5, 5.41) is 47.3. The largest absolute Gasteiger partial charge is 0.549 e. The molecule has 21 heteroatoms. The fourth-order valence-corrected chi connectivity index (χ4v) is 5.36. The van der Waals surface area contributed by atoms with E-state index in [-0.39, 0.29) is 55.6 Å². The number of nitrogens with one attached hydrogen (secondary N) is 2. The van der Waals surface area contributed by atoms with Crippen molar-refractivity contribution in [3.63, 3.8) is 0 Å². The van der Waals surface area contributed by atoms with Gasteiger partial charge in [-0.3, -0.25) is 29.1 Å². The van der Waals surface area contributed by atoms with Crippen LogP contribution in [-0.4, -0.2) is 125 Å². The van der Waals surface area contributed by atoms with E-state index in [0.717, 1.165) is 0 Å². The van der Waals surface area contributed by atoms with E-state index >= 15 is 0 Å². The first-order valence-corrected chi connectivity index (χ1v) is 17.5. The van der Waals surface area contributed by atoms with Crippen molar-refractivity contribution in [2.75, 3.05) is 58.9 Å². The van der Waals surface area contributed by atoms with E-state index in [0.29, 0.717) is 11.1 Å². The number of carbonyl (C=O) groups is 5. The molecule has 2 amide bonds. The minimum Gasteiger partial charge on any atom is -0.549 e. The molecule has 2 aromatic carbocycles. The van der Waals surface area contributed by atoms with Gasteiger partial charge < -0.3 is 35.5 Å². The summed E-state index contributed by atoms with van der Waals surface area (Å²) in [5.41, 5.74) is 1.07. The third kappa shape index (κ3) is 16.4. The lowest BCUT2D eigenvalue weighted by Crippen LogP contribution is -2.49. The number of benzene rings is 2. The molecular weight excluding hydrogens is 690 g/mol. The molecule has 0 bridgehead atoms. The van der Waals surface area contributed by atoms with Gasteiger partial charge in [-0.05, 0) is 35.4 Å². The number of primary sulfonamides is 2. The van der Waals surface area contributed by atoms with Crippen molar-refractivity contribution in [3.8, 4) is 0 Å². The zero-order valence-electron chi connectivity index (χ0n) is 26.1.